The molecule has 2 saturated heterocycles. The molecule has 0 aromatic rings. The molecule has 2 rings (SSSR count). The number of aliphatic hydroxyl groups excluding tert-OH is 1. The minimum Gasteiger partial charge on any atom is -0.444 e. The second-order valence-corrected chi connectivity index (χ2v) is 6.22. The molecule has 0 bridgehead atoms. The Labute approximate surface area is 113 Å². The Morgan fingerprint density at radius 1 is 1.37 bits per heavy atom. The van der Waals surface area contributed by atoms with Crippen molar-refractivity contribution in [3.05, 3.63) is 0 Å². The summed E-state index contributed by atoms with van der Waals surface area (Å²) in [4.78, 5) is 27.1. The van der Waals surface area contributed by atoms with Gasteiger partial charge in [0, 0.05) is 26.1 Å². The third-order valence-corrected chi connectivity index (χ3v) is 3.41. The number of rotatable bonds is 0. The molecule has 2 aliphatic heterocycles. The molecule has 1 N–H and O–H groups in total. The van der Waals surface area contributed by atoms with Crippen molar-refractivity contribution in [1.82, 2.24) is 9.80 Å². The lowest BCUT2D eigenvalue weighted by molar-refractivity contribution is -0.135. The Morgan fingerprint density at radius 3 is 2.68 bits per heavy atom. The molecule has 0 spiro atoms. The van der Waals surface area contributed by atoms with Crippen molar-refractivity contribution >= 4 is 12.0 Å². The molecule has 2 amide bonds. The largest absolute Gasteiger partial charge is 0.444 e. The van der Waals surface area contributed by atoms with Gasteiger partial charge in [0.25, 0.3) is 5.91 Å². The highest BCUT2D eigenvalue weighted by Crippen LogP contribution is 2.24. The summed E-state index contributed by atoms with van der Waals surface area (Å²) in [5.41, 5.74) is -0.520. The first kappa shape index (κ1) is 14.1. The predicted octanol–water partition coefficient (Wildman–Crippen LogP) is 0.589. The monoisotopic (exact) mass is 270 g/mol. The zero-order valence-electron chi connectivity index (χ0n) is 11.8. The molecule has 0 aliphatic carbocycles. The number of carbonyl (C=O) groups excluding carboxylic acids is 2. The number of hydrogen-bond donors (Lipinski definition) is 1. The average Bonchev–Trinajstić information content (AvgIpc) is 2.49. The number of hydrogen-bond acceptors (Lipinski definition) is 4. The smallest absolute Gasteiger partial charge is 0.410 e. The Morgan fingerprint density at radius 2 is 2.05 bits per heavy atom. The molecule has 108 valence electrons. The molecule has 2 unspecified atom stereocenters. The van der Waals surface area contributed by atoms with Crippen LogP contribution in [0.3, 0.4) is 0 Å². The second-order valence-electron chi connectivity index (χ2n) is 6.22. The summed E-state index contributed by atoms with van der Waals surface area (Å²) in [6.07, 6.45) is -0.140. The van der Waals surface area contributed by atoms with Crippen molar-refractivity contribution in [3.63, 3.8) is 0 Å². The van der Waals surface area contributed by atoms with Crippen LogP contribution in [0.25, 0.3) is 0 Å². The van der Waals surface area contributed by atoms with E-state index in [9.17, 15) is 14.7 Å². The average molecular weight is 270 g/mol. The van der Waals surface area contributed by atoms with Gasteiger partial charge in [-0.2, -0.15) is 0 Å². The molecule has 2 heterocycles. The molecule has 2 fully saturated rings. The zero-order chi connectivity index (χ0) is 14.2. The molecule has 6 heteroatoms. The number of nitrogens with zero attached hydrogens (tertiary/aromatic N) is 2. The van der Waals surface area contributed by atoms with E-state index in [1.165, 1.54) is 0 Å². The lowest BCUT2D eigenvalue weighted by Gasteiger charge is -2.28. The highest BCUT2D eigenvalue weighted by molar-refractivity contribution is 5.83. The standard InChI is InChI=1S/C13H22N2O4/c1-13(2,3)19-12(18)14-5-4-6-15-9(8-14)7-10(16)11(15)17/h9-10,16H,4-8H2,1-3H3. The highest BCUT2D eigenvalue weighted by Gasteiger charge is 2.41. The maximum Gasteiger partial charge on any atom is 0.410 e. The Balaban J connectivity index is 2.02. The summed E-state index contributed by atoms with van der Waals surface area (Å²) in [5.74, 6) is -0.212. The summed E-state index contributed by atoms with van der Waals surface area (Å²) >= 11 is 0. The maximum absolute atomic E-state index is 12.1. The third kappa shape index (κ3) is 3.18. The summed E-state index contributed by atoms with van der Waals surface area (Å²) in [5, 5.41) is 9.61. The van der Waals surface area contributed by atoms with Crippen LogP contribution in [0, 0.1) is 0 Å². The van der Waals surface area contributed by atoms with E-state index in [2.05, 4.69) is 0 Å². The van der Waals surface area contributed by atoms with Gasteiger partial charge in [0.15, 0.2) is 0 Å². The SMILES string of the molecule is CC(C)(C)OC(=O)N1CCCN2C(=O)C(O)CC2C1. The van der Waals surface area contributed by atoms with Crippen LogP contribution >= 0.6 is 0 Å². The van der Waals surface area contributed by atoms with Crippen LogP contribution < -0.4 is 0 Å². The van der Waals surface area contributed by atoms with Gasteiger partial charge in [-0.25, -0.2) is 4.79 Å². The first-order valence-corrected chi connectivity index (χ1v) is 6.74. The van der Waals surface area contributed by atoms with E-state index in [4.69, 9.17) is 4.74 Å². The fourth-order valence-corrected chi connectivity index (χ4v) is 2.59. The van der Waals surface area contributed by atoms with Gasteiger partial charge in [-0.05, 0) is 27.2 Å². The molecule has 0 aromatic carbocycles. The Hall–Kier alpha value is -1.30. The molecule has 19 heavy (non-hydrogen) atoms. The quantitative estimate of drug-likeness (QED) is 0.699. The molecule has 2 atom stereocenters. The van der Waals surface area contributed by atoms with E-state index in [-0.39, 0.29) is 18.0 Å². The van der Waals surface area contributed by atoms with Gasteiger partial charge in [0.2, 0.25) is 0 Å². The lowest BCUT2D eigenvalue weighted by Crippen LogP contribution is -2.42. The fraction of sp³-hybridized carbons (Fsp3) is 0.846. The second kappa shape index (κ2) is 5.00. The van der Waals surface area contributed by atoms with Gasteiger partial charge in [0.1, 0.15) is 11.7 Å². The van der Waals surface area contributed by atoms with Gasteiger partial charge >= 0.3 is 6.09 Å². The topological polar surface area (TPSA) is 70.1 Å². The van der Waals surface area contributed by atoms with Crippen LogP contribution in [0.5, 0.6) is 0 Å². The van der Waals surface area contributed by atoms with Crippen LogP contribution in [0.15, 0.2) is 0 Å². The van der Waals surface area contributed by atoms with E-state index in [0.29, 0.717) is 32.5 Å². The molecule has 2 aliphatic rings. The summed E-state index contributed by atoms with van der Waals surface area (Å²) < 4.78 is 5.36. The first-order valence-electron chi connectivity index (χ1n) is 6.74. The summed E-state index contributed by atoms with van der Waals surface area (Å²) in [6.45, 7) is 7.12. The van der Waals surface area contributed by atoms with Crippen LogP contribution in [0.1, 0.15) is 33.6 Å². The molecule has 0 radical (unpaired) electrons. The van der Waals surface area contributed by atoms with Crippen LogP contribution in [0.2, 0.25) is 0 Å². The van der Waals surface area contributed by atoms with Gasteiger partial charge in [-0.3, -0.25) is 4.79 Å². The van der Waals surface area contributed by atoms with Gasteiger partial charge in [-0.1, -0.05) is 0 Å². The third-order valence-electron chi connectivity index (χ3n) is 3.41. The van der Waals surface area contributed by atoms with E-state index < -0.39 is 11.7 Å². The maximum atomic E-state index is 12.1. The van der Waals surface area contributed by atoms with E-state index in [0.717, 1.165) is 0 Å². The molecular formula is C13H22N2O4. The van der Waals surface area contributed by atoms with Crippen molar-refractivity contribution in [2.75, 3.05) is 19.6 Å². The minimum absolute atomic E-state index is 0.0856. The highest BCUT2D eigenvalue weighted by atomic mass is 16.6. The Bertz CT molecular complexity index is 377. The molecule has 6 nitrogen and oxygen atoms in total. The number of fused-ring (bicyclic) bond motifs is 1. The van der Waals surface area contributed by atoms with Crippen molar-refractivity contribution in [3.8, 4) is 0 Å². The number of amides is 2. The first-order chi connectivity index (χ1) is 8.78. The van der Waals surface area contributed by atoms with Crippen molar-refractivity contribution in [2.45, 2.75) is 51.4 Å². The summed E-state index contributed by atoms with van der Waals surface area (Å²) in [6, 6.07) is -0.0856. The number of carbonyl (C=O) groups is 2. The van der Waals surface area contributed by atoms with E-state index in [1.807, 2.05) is 20.8 Å². The van der Waals surface area contributed by atoms with Crippen molar-refractivity contribution in [2.24, 2.45) is 0 Å². The van der Waals surface area contributed by atoms with Crippen LogP contribution in [-0.2, 0) is 9.53 Å². The molecular weight excluding hydrogens is 248 g/mol. The van der Waals surface area contributed by atoms with Crippen molar-refractivity contribution < 1.29 is 19.4 Å². The van der Waals surface area contributed by atoms with Crippen molar-refractivity contribution in [1.29, 1.82) is 0 Å². The van der Waals surface area contributed by atoms with E-state index in [1.54, 1.807) is 9.80 Å². The van der Waals surface area contributed by atoms with Gasteiger partial charge in [0.05, 0.1) is 6.04 Å². The Kier molecular flexibility index (Phi) is 3.71. The lowest BCUT2D eigenvalue weighted by atomic mass is 10.2. The fourth-order valence-electron chi connectivity index (χ4n) is 2.59. The number of aliphatic hydroxyl groups is 1. The number of ether oxygens (including phenoxy) is 1. The van der Waals surface area contributed by atoms with Crippen LogP contribution in [-0.4, -0.2) is 64.3 Å². The molecule has 0 aromatic heterocycles. The van der Waals surface area contributed by atoms with Gasteiger partial charge in [-0.15, -0.1) is 0 Å². The van der Waals surface area contributed by atoms with E-state index >= 15 is 0 Å². The predicted molar refractivity (Wildman–Crippen MR) is 68.5 cm³/mol. The van der Waals surface area contributed by atoms with Gasteiger partial charge < -0.3 is 19.6 Å². The van der Waals surface area contributed by atoms with Crippen LogP contribution in [0.4, 0.5) is 4.79 Å². The summed E-state index contributed by atoms with van der Waals surface area (Å²) in [7, 11) is 0. The minimum atomic E-state index is -0.913. The normalized spacial score (nSPS) is 28.1. The molecule has 0 saturated carbocycles. The zero-order valence-corrected chi connectivity index (χ0v) is 11.8.